The first-order valence-electron chi connectivity index (χ1n) is 12.2. The summed E-state index contributed by atoms with van der Waals surface area (Å²) in [5.74, 6) is 0. The summed E-state index contributed by atoms with van der Waals surface area (Å²) in [4.78, 5) is 17.6. The molecule has 0 unspecified atom stereocenters. The third-order valence-corrected chi connectivity index (χ3v) is 8.77. The quantitative estimate of drug-likeness (QED) is 0.322. The van der Waals surface area contributed by atoms with Crippen LogP contribution in [0.15, 0.2) is 88.9 Å². The van der Waals surface area contributed by atoms with Crippen molar-refractivity contribution in [3.8, 4) is 22.8 Å². The van der Waals surface area contributed by atoms with E-state index in [9.17, 15) is 13.2 Å². The number of aromatic nitrogens is 5. The first-order chi connectivity index (χ1) is 18.4. The lowest BCUT2D eigenvalue weighted by molar-refractivity contribution is 0.346. The molecular formula is C27H23ClN6O3S. The molecule has 9 nitrogen and oxygen atoms in total. The van der Waals surface area contributed by atoms with Gasteiger partial charge in [-0.25, -0.2) is 17.8 Å². The molecule has 6 rings (SSSR count). The molecule has 4 heterocycles. The molecule has 0 bridgehead atoms. The van der Waals surface area contributed by atoms with Gasteiger partial charge in [-0.1, -0.05) is 24.1 Å². The second-order valence-electron chi connectivity index (χ2n) is 9.06. The number of hydrogen-bond donors (Lipinski definition) is 0. The number of pyridine rings is 1. The molecule has 11 heteroatoms. The van der Waals surface area contributed by atoms with Gasteiger partial charge in [-0.15, -0.1) is 0 Å². The molecule has 3 aromatic heterocycles. The average Bonchev–Trinajstić information content (AvgIpc) is 3.43. The molecule has 1 aliphatic heterocycles. The molecule has 1 fully saturated rings. The zero-order valence-corrected chi connectivity index (χ0v) is 21.8. The number of piperidine rings is 1. The zero-order chi connectivity index (χ0) is 26.3. The maximum absolute atomic E-state index is 13.2. The van der Waals surface area contributed by atoms with E-state index in [-0.39, 0.29) is 16.0 Å². The Hall–Kier alpha value is -3.86. The van der Waals surface area contributed by atoms with Crippen molar-refractivity contribution < 1.29 is 8.42 Å². The van der Waals surface area contributed by atoms with Gasteiger partial charge in [0.25, 0.3) is 0 Å². The van der Waals surface area contributed by atoms with Gasteiger partial charge in [-0.2, -0.15) is 14.5 Å². The molecule has 1 saturated heterocycles. The lowest BCUT2D eigenvalue weighted by atomic mass is 10.2. The van der Waals surface area contributed by atoms with Crippen molar-refractivity contribution in [3.05, 3.63) is 94.5 Å². The molecule has 5 aromatic rings. The van der Waals surface area contributed by atoms with Gasteiger partial charge in [-0.3, -0.25) is 9.78 Å². The molecule has 2 aromatic carbocycles. The fourth-order valence-corrected chi connectivity index (χ4v) is 6.46. The topological polar surface area (TPSA) is 103 Å². The van der Waals surface area contributed by atoms with Crippen LogP contribution in [0.5, 0.6) is 0 Å². The minimum Gasteiger partial charge on any atom is -0.287 e. The highest BCUT2D eigenvalue weighted by Crippen LogP contribution is 2.27. The van der Waals surface area contributed by atoms with E-state index in [1.54, 1.807) is 65.6 Å². The molecule has 0 aliphatic carbocycles. The molecule has 192 valence electrons. The molecule has 0 radical (unpaired) electrons. The Morgan fingerprint density at radius 2 is 1.74 bits per heavy atom. The van der Waals surface area contributed by atoms with Crippen molar-refractivity contribution in [2.45, 2.75) is 24.2 Å². The van der Waals surface area contributed by atoms with Gasteiger partial charge in [0, 0.05) is 42.0 Å². The lowest BCUT2D eigenvalue weighted by Gasteiger charge is -2.26. The van der Waals surface area contributed by atoms with Gasteiger partial charge >= 0.3 is 0 Å². The van der Waals surface area contributed by atoms with E-state index in [1.165, 1.54) is 21.3 Å². The minimum absolute atomic E-state index is 0.168. The second-order valence-corrected chi connectivity index (χ2v) is 11.4. The smallest absolute Gasteiger partial charge is 0.243 e. The normalized spacial score (nSPS) is 14.7. The predicted molar refractivity (Wildman–Crippen MR) is 145 cm³/mol. The number of fused-ring (bicyclic) bond motifs is 1. The van der Waals surface area contributed by atoms with E-state index in [2.05, 4.69) is 15.2 Å². The standard InChI is InChI=1S/C27H23ClN6O3S/c28-19-7-8-23-22(17-19)24(9-12-29-23)34-25(10-13-30-34)27-26(35)11-16-33(31-27)20-5-4-6-21(18-20)38(36,37)32-14-2-1-3-15-32/h4-13,16-18H,1-3,14-15H2. The summed E-state index contributed by atoms with van der Waals surface area (Å²) in [6.07, 6.45) is 7.54. The molecule has 1 aliphatic rings. The van der Waals surface area contributed by atoms with Crippen LogP contribution in [-0.2, 0) is 10.0 Å². The Morgan fingerprint density at radius 3 is 2.58 bits per heavy atom. The van der Waals surface area contributed by atoms with Crippen molar-refractivity contribution in [1.82, 2.24) is 28.9 Å². The number of benzene rings is 2. The first-order valence-corrected chi connectivity index (χ1v) is 14.0. The number of nitrogens with zero attached hydrogens (tertiary/aromatic N) is 6. The van der Waals surface area contributed by atoms with E-state index >= 15 is 0 Å². The summed E-state index contributed by atoms with van der Waals surface area (Å²) in [6.45, 7) is 1.04. The molecule has 38 heavy (non-hydrogen) atoms. The second kappa shape index (κ2) is 9.79. The Morgan fingerprint density at radius 1 is 0.895 bits per heavy atom. The number of hydrogen-bond acceptors (Lipinski definition) is 6. The average molecular weight is 547 g/mol. The molecule has 0 spiro atoms. The number of sulfonamides is 1. The zero-order valence-electron chi connectivity index (χ0n) is 20.2. The van der Waals surface area contributed by atoms with Gasteiger partial charge in [0.2, 0.25) is 15.5 Å². The third-order valence-electron chi connectivity index (χ3n) is 6.64. The van der Waals surface area contributed by atoms with Crippen LogP contribution >= 0.6 is 11.6 Å². The van der Waals surface area contributed by atoms with Crippen molar-refractivity contribution in [2.75, 3.05) is 13.1 Å². The van der Waals surface area contributed by atoms with Gasteiger partial charge in [0.05, 0.1) is 33.7 Å². The molecular weight excluding hydrogens is 524 g/mol. The highest BCUT2D eigenvalue weighted by molar-refractivity contribution is 7.89. The summed E-state index contributed by atoms with van der Waals surface area (Å²) in [6, 6.07) is 16.9. The van der Waals surface area contributed by atoms with Gasteiger partial charge in [-0.05, 0) is 61.4 Å². The highest BCUT2D eigenvalue weighted by atomic mass is 35.5. The van der Waals surface area contributed by atoms with Crippen LogP contribution in [0, 0.1) is 0 Å². The molecule has 0 saturated carbocycles. The summed E-state index contributed by atoms with van der Waals surface area (Å²) in [7, 11) is -3.62. The van der Waals surface area contributed by atoms with E-state index in [0.29, 0.717) is 35.2 Å². The van der Waals surface area contributed by atoms with E-state index < -0.39 is 10.0 Å². The Bertz CT molecular complexity index is 1830. The summed E-state index contributed by atoms with van der Waals surface area (Å²) < 4.78 is 31.1. The van der Waals surface area contributed by atoms with Gasteiger partial charge in [0.15, 0.2) is 5.69 Å². The van der Waals surface area contributed by atoms with Crippen molar-refractivity contribution in [2.24, 2.45) is 0 Å². The minimum atomic E-state index is -3.62. The van der Waals surface area contributed by atoms with E-state index in [0.717, 1.165) is 30.2 Å². The lowest BCUT2D eigenvalue weighted by Crippen LogP contribution is -2.35. The van der Waals surface area contributed by atoms with Crippen molar-refractivity contribution >= 4 is 32.5 Å². The van der Waals surface area contributed by atoms with Crippen LogP contribution in [0.2, 0.25) is 5.02 Å². The summed E-state index contributed by atoms with van der Waals surface area (Å²) in [5, 5.41) is 10.4. The fraction of sp³-hybridized carbons (Fsp3) is 0.185. The predicted octanol–water partition coefficient (Wildman–Crippen LogP) is 4.46. The fourth-order valence-electron chi connectivity index (χ4n) is 4.73. The monoisotopic (exact) mass is 546 g/mol. The summed E-state index contributed by atoms with van der Waals surface area (Å²) >= 11 is 6.25. The van der Waals surface area contributed by atoms with Gasteiger partial charge in [0.1, 0.15) is 0 Å². The van der Waals surface area contributed by atoms with Crippen LogP contribution in [0.25, 0.3) is 33.7 Å². The van der Waals surface area contributed by atoms with Crippen molar-refractivity contribution in [1.29, 1.82) is 0 Å². The SMILES string of the molecule is O=c1ccn(-c2cccc(S(=O)(=O)N3CCCCC3)c2)nc1-c1ccnn1-c1ccnc2ccc(Cl)cc12. The Kier molecular flexibility index (Phi) is 6.30. The van der Waals surface area contributed by atoms with Crippen LogP contribution < -0.4 is 5.43 Å². The van der Waals surface area contributed by atoms with Gasteiger partial charge < -0.3 is 0 Å². The van der Waals surface area contributed by atoms with Crippen LogP contribution in [0.3, 0.4) is 0 Å². The maximum atomic E-state index is 13.2. The van der Waals surface area contributed by atoms with Crippen LogP contribution in [-0.4, -0.2) is 50.4 Å². The third kappa shape index (κ3) is 4.40. The van der Waals surface area contributed by atoms with E-state index in [4.69, 9.17) is 11.6 Å². The molecule has 0 amide bonds. The number of halogens is 1. The Labute approximate surface area is 224 Å². The maximum Gasteiger partial charge on any atom is 0.243 e. The molecule has 0 N–H and O–H groups in total. The number of rotatable bonds is 5. The Balaban J connectivity index is 1.43. The largest absolute Gasteiger partial charge is 0.287 e. The van der Waals surface area contributed by atoms with Crippen molar-refractivity contribution in [3.63, 3.8) is 0 Å². The molecule has 0 atom stereocenters. The first kappa shape index (κ1) is 24.5. The van der Waals surface area contributed by atoms with Crippen LogP contribution in [0.1, 0.15) is 19.3 Å². The summed E-state index contributed by atoms with van der Waals surface area (Å²) in [5.41, 5.74) is 2.31. The van der Waals surface area contributed by atoms with Crippen LogP contribution in [0.4, 0.5) is 0 Å². The highest BCUT2D eigenvalue weighted by Gasteiger charge is 2.26. The van der Waals surface area contributed by atoms with E-state index in [1.807, 2.05) is 6.07 Å².